The maximum Gasteiger partial charge on any atom is 0.0471 e. The van der Waals surface area contributed by atoms with Gasteiger partial charge in [0.1, 0.15) is 0 Å². The highest BCUT2D eigenvalue weighted by molar-refractivity contribution is 4.80. The van der Waals surface area contributed by atoms with Gasteiger partial charge in [-0.2, -0.15) is 0 Å². The molecule has 0 aromatic rings. The second kappa shape index (κ2) is 3.74. The van der Waals surface area contributed by atoms with Gasteiger partial charge in [-0.25, -0.2) is 0 Å². The molecule has 0 aliphatic carbocycles. The Bertz CT molecular complexity index is 114. The van der Waals surface area contributed by atoms with Crippen LogP contribution < -0.4 is 0 Å². The molecule has 0 unspecified atom stereocenters. The van der Waals surface area contributed by atoms with E-state index >= 15 is 0 Å². The van der Waals surface area contributed by atoms with Gasteiger partial charge in [-0.1, -0.05) is 6.08 Å². The largest absolute Gasteiger partial charge is 0.396 e. The maximum atomic E-state index is 8.80. The third-order valence-electron chi connectivity index (χ3n) is 2.02. The topological polar surface area (TPSA) is 23.5 Å². The molecular weight excluding hydrogens is 126 g/mol. The lowest BCUT2D eigenvalue weighted by Crippen LogP contribution is -2.21. The van der Waals surface area contributed by atoms with Crippen molar-refractivity contribution in [1.82, 2.24) is 4.90 Å². The van der Waals surface area contributed by atoms with Crippen molar-refractivity contribution in [3.8, 4) is 0 Å². The summed E-state index contributed by atoms with van der Waals surface area (Å²) in [6.45, 7) is 7.15. The van der Waals surface area contributed by atoms with Crippen molar-refractivity contribution in [2.24, 2.45) is 5.92 Å². The van der Waals surface area contributed by atoms with E-state index in [-0.39, 0.29) is 0 Å². The molecule has 1 aliphatic rings. The molecule has 0 aromatic carbocycles. The van der Waals surface area contributed by atoms with Gasteiger partial charge in [0.05, 0.1) is 0 Å². The van der Waals surface area contributed by atoms with Crippen LogP contribution in [0, 0.1) is 5.92 Å². The van der Waals surface area contributed by atoms with Crippen LogP contribution in [-0.2, 0) is 0 Å². The van der Waals surface area contributed by atoms with Crippen molar-refractivity contribution < 1.29 is 5.11 Å². The first-order valence-electron chi connectivity index (χ1n) is 3.81. The van der Waals surface area contributed by atoms with E-state index in [1.54, 1.807) is 0 Å². The summed E-state index contributed by atoms with van der Waals surface area (Å²) in [6, 6.07) is 0. The Labute approximate surface area is 62.2 Å². The van der Waals surface area contributed by atoms with Crippen LogP contribution >= 0.6 is 0 Å². The van der Waals surface area contributed by atoms with Gasteiger partial charge >= 0.3 is 0 Å². The van der Waals surface area contributed by atoms with E-state index in [4.69, 9.17) is 5.11 Å². The highest BCUT2D eigenvalue weighted by Crippen LogP contribution is 2.14. The summed E-state index contributed by atoms with van der Waals surface area (Å²) in [5, 5.41) is 8.80. The summed E-state index contributed by atoms with van der Waals surface area (Å²) in [5.74, 6) is 0.514. The standard InChI is InChI=1S/C8H15NO/c1-2-4-9-5-3-8(6-9)7-10/h2,8,10H,1,3-7H2/t8-/m0/s1. The van der Waals surface area contributed by atoms with Crippen molar-refractivity contribution in [2.75, 3.05) is 26.2 Å². The molecule has 1 heterocycles. The SMILES string of the molecule is C=CCN1CC[C@H](CO)C1. The van der Waals surface area contributed by atoms with E-state index < -0.39 is 0 Å². The van der Waals surface area contributed by atoms with Crippen LogP contribution in [0.15, 0.2) is 12.7 Å². The third-order valence-corrected chi connectivity index (χ3v) is 2.02. The summed E-state index contributed by atoms with van der Waals surface area (Å²) in [5.41, 5.74) is 0. The molecule has 1 atom stereocenters. The summed E-state index contributed by atoms with van der Waals surface area (Å²) in [4.78, 5) is 2.31. The van der Waals surface area contributed by atoms with Crippen LogP contribution in [-0.4, -0.2) is 36.2 Å². The first kappa shape index (κ1) is 7.76. The molecule has 2 nitrogen and oxygen atoms in total. The monoisotopic (exact) mass is 141 g/mol. The molecule has 1 N–H and O–H groups in total. The number of nitrogens with zero attached hydrogens (tertiary/aromatic N) is 1. The van der Waals surface area contributed by atoms with Gasteiger partial charge < -0.3 is 5.11 Å². The molecular formula is C8H15NO. The van der Waals surface area contributed by atoms with E-state index in [0.717, 1.165) is 26.1 Å². The van der Waals surface area contributed by atoms with Gasteiger partial charge in [-0.3, -0.25) is 4.90 Å². The molecule has 0 spiro atoms. The molecule has 0 saturated carbocycles. The van der Waals surface area contributed by atoms with Gasteiger partial charge in [0.25, 0.3) is 0 Å². The molecule has 0 amide bonds. The molecule has 1 saturated heterocycles. The van der Waals surface area contributed by atoms with E-state index in [9.17, 15) is 0 Å². The molecule has 1 rings (SSSR count). The highest BCUT2D eigenvalue weighted by atomic mass is 16.3. The predicted octanol–water partition coefficient (Wildman–Crippen LogP) is 0.487. The fourth-order valence-corrected chi connectivity index (χ4v) is 1.41. The van der Waals surface area contributed by atoms with E-state index in [1.807, 2.05) is 6.08 Å². The van der Waals surface area contributed by atoms with Crippen molar-refractivity contribution in [1.29, 1.82) is 0 Å². The van der Waals surface area contributed by atoms with E-state index in [1.165, 1.54) is 0 Å². The summed E-state index contributed by atoms with van der Waals surface area (Å²) < 4.78 is 0. The average molecular weight is 141 g/mol. The second-order valence-corrected chi connectivity index (χ2v) is 2.89. The van der Waals surface area contributed by atoms with Crippen molar-refractivity contribution in [2.45, 2.75) is 6.42 Å². The minimum atomic E-state index is 0.341. The fraction of sp³-hybridized carbons (Fsp3) is 0.750. The maximum absolute atomic E-state index is 8.80. The number of aliphatic hydroxyl groups is 1. The molecule has 0 aromatic heterocycles. The molecule has 1 fully saturated rings. The smallest absolute Gasteiger partial charge is 0.0471 e. The highest BCUT2D eigenvalue weighted by Gasteiger charge is 2.19. The third kappa shape index (κ3) is 1.82. The van der Waals surface area contributed by atoms with Crippen LogP contribution in [0.1, 0.15) is 6.42 Å². The molecule has 10 heavy (non-hydrogen) atoms. The van der Waals surface area contributed by atoms with E-state index in [0.29, 0.717) is 12.5 Å². The summed E-state index contributed by atoms with van der Waals surface area (Å²) in [6.07, 6.45) is 3.06. The normalized spacial score (nSPS) is 27.1. The first-order chi connectivity index (χ1) is 4.86. The Balaban J connectivity index is 2.21. The Morgan fingerprint density at radius 3 is 3.00 bits per heavy atom. The predicted molar refractivity (Wildman–Crippen MR) is 41.8 cm³/mol. The van der Waals surface area contributed by atoms with Crippen LogP contribution in [0.2, 0.25) is 0 Å². The minimum absolute atomic E-state index is 0.341. The Hall–Kier alpha value is -0.340. The van der Waals surface area contributed by atoms with Gasteiger partial charge in [-0.05, 0) is 18.9 Å². The van der Waals surface area contributed by atoms with Gasteiger partial charge in [0, 0.05) is 19.7 Å². The molecule has 1 aliphatic heterocycles. The van der Waals surface area contributed by atoms with Crippen molar-refractivity contribution >= 4 is 0 Å². The van der Waals surface area contributed by atoms with Crippen LogP contribution in [0.5, 0.6) is 0 Å². The Morgan fingerprint density at radius 2 is 2.50 bits per heavy atom. The molecule has 0 bridgehead atoms. The lowest BCUT2D eigenvalue weighted by molar-refractivity contribution is 0.225. The number of rotatable bonds is 3. The Morgan fingerprint density at radius 1 is 1.70 bits per heavy atom. The fourth-order valence-electron chi connectivity index (χ4n) is 1.41. The van der Waals surface area contributed by atoms with Gasteiger partial charge in [0.15, 0.2) is 0 Å². The summed E-state index contributed by atoms with van der Waals surface area (Å²) in [7, 11) is 0. The van der Waals surface area contributed by atoms with Crippen LogP contribution in [0.4, 0.5) is 0 Å². The zero-order chi connectivity index (χ0) is 7.40. The van der Waals surface area contributed by atoms with Gasteiger partial charge in [-0.15, -0.1) is 6.58 Å². The number of likely N-dealkylation sites (tertiary alicyclic amines) is 1. The molecule has 2 heteroatoms. The molecule has 0 radical (unpaired) electrons. The quantitative estimate of drug-likeness (QED) is 0.578. The minimum Gasteiger partial charge on any atom is -0.396 e. The van der Waals surface area contributed by atoms with Crippen molar-refractivity contribution in [3.63, 3.8) is 0 Å². The van der Waals surface area contributed by atoms with Crippen LogP contribution in [0.25, 0.3) is 0 Å². The van der Waals surface area contributed by atoms with E-state index in [2.05, 4.69) is 11.5 Å². The lowest BCUT2D eigenvalue weighted by atomic mass is 10.1. The van der Waals surface area contributed by atoms with Crippen molar-refractivity contribution in [3.05, 3.63) is 12.7 Å². The first-order valence-corrected chi connectivity index (χ1v) is 3.81. The number of hydrogen-bond acceptors (Lipinski definition) is 2. The second-order valence-electron chi connectivity index (χ2n) is 2.89. The van der Waals surface area contributed by atoms with Crippen LogP contribution in [0.3, 0.4) is 0 Å². The Kier molecular flexibility index (Phi) is 2.90. The lowest BCUT2D eigenvalue weighted by Gasteiger charge is -2.11. The molecule has 58 valence electrons. The summed E-state index contributed by atoms with van der Waals surface area (Å²) >= 11 is 0. The zero-order valence-electron chi connectivity index (χ0n) is 6.29. The zero-order valence-corrected chi connectivity index (χ0v) is 6.29. The number of aliphatic hydroxyl groups excluding tert-OH is 1. The van der Waals surface area contributed by atoms with Gasteiger partial charge in [0.2, 0.25) is 0 Å². The number of hydrogen-bond donors (Lipinski definition) is 1. The average Bonchev–Trinajstić information content (AvgIpc) is 2.37.